The molecule has 0 saturated heterocycles. The van der Waals surface area contributed by atoms with Gasteiger partial charge in [0.1, 0.15) is 6.04 Å². The van der Waals surface area contributed by atoms with Crippen LogP contribution in [0.3, 0.4) is 0 Å². The van der Waals surface area contributed by atoms with Crippen molar-refractivity contribution in [2.24, 2.45) is 0 Å². The van der Waals surface area contributed by atoms with Crippen LogP contribution in [0.15, 0.2) is 30.5 Å². The molecule has 7 N–H and O–H groups in total. The fourth-order valence-electron chi connectivity index (χ4n) is 3.03. The Bertz CT molecular complexity index is 1210. The summed E-state index contributed by atoms with van der Waals surface area (Å²) in [7, 11) is 1.82. The molecule has 0 unspecified atom stereocenters. The van der Waals surface area contributed by atoms with Crippen molar-refractivity contribution >= 4 is 46.5 Å². The van der Waals surface area contributed by atoms with Gasteiger partial charge >= 0.3 is 41.5 Å². The first-order valence-electron chi connectivity index (χ1n) is 9.75. The molecule has 0 aliphatic carbocycles. The Kier molecular flexibility index (Phi) is 9.06. The Morgan fingerprint density at radius 3 is 2.41 bits per heavy atom. The molecule has 3 aromatic rings. The number of amides is 1. The first kappa shape index (κ1) is 26.7. The second kappa shape index (κ2) is 11.5. The quantitative estimate of drug-likeness (QED) is 0.200. The average molecular weight is 478 g/mol. The molecule has 1 aromatic carbocycles. The molecule has 13 nitrogen and oxygen atoms in total. The normalized spacial score (nSPS) is 11.3. The third-order valence-corrected chi connectivity index (χ3v) is 4.72. The van der Waals surface area contributed by atoms with E-state index in [1.54, 1.807) is 18.3 Å². The zero-order chi connectivity index (χ0) is 24.1. The number of aliphatic carboxylic acids is 2. The van der Waals surface area contributed by atoms with E-state index in [2.05, 4.69) is 25.3 Å². The molecule has 0 bridgehead atoms. The van der Waals surface area contributed by atoms with Gasteiger partial charge < -0.3 is 33.3 Å². The summed E-state index contributed by atoms with van der Waals surface area (Å²) in [6.45, 7) is 0.370. The van der Waals surface area contributed by atoms with Gasteiger partial charge in [0.25, 0.3) is 5.91 Å². The number of benzene rings is 1. The Hall–Kier alpha value is -3.55. The molecule has 2 heterocycles. The number of hydrogen-bond donors (Lipinski definition) is 5. The van der Waals surface area contributed by atoms with Crippen LogP contribution in [0.1, 0.15) is 30.3 Å². The van der Waals surface area contributed by atoms with Gasteiger partial charge in [-0.2, -0.15) is 9.97 Å². The Morgan fingerprint density at radius 2 is 1.79 bits per heavy atom. The van der Waals surface area contributed by atoms with E-state index in [9.17, 15) is 19.5 Å². The summed E-state index contributed by atoms with van der Waals surface area (Å²) in [5, 5.41) is 20.2. The van der Waals surface area contributed by atoms with E-state index in [0.29, 0.717) is 23.4 Å². The maximum absolute atomic E-state index is 12.4. The number of nitrogen functional groups attached to an aromatic ring is 2. The molecule has 1 amide bonds. The molecule has 0 radical (unpaired) electrons. The molecular formula is C20H23N8NaO5. The maximum Gasteiger partial charge on any atom is 1.00 e. The monoisotopic (exact) mass is 478 g/mol. The maximum atomic E-state index is 12.4. The summed E-state index contributed by atoms with van der Waals surface area (Å²) in [6, 6.07) is 5.16. The average Bonchev–Trinajstić information content (AvgIpc) is 2.76. The zero-order valence-corrected chi connectivity index (χ0v) is 20.6. The van der Waals surface area contributed by atoms with Crippen LogP contribution in [-0.2, 0) is 16.1 Å². The summed E-state index contributed by atoms with van der Waals surface area (Å²) in [5.74, 6) is -2.91. The number of carboxylic acid groups (broad SMARTS) is 2. The summed E-state index contributed by atoms with van der Waals surface area (Å²) in [4.78, 5) is 52.7. The second-order valence-corrected chi connectivity index (χ2v) is 7.20. The molecule has 0 aliphatic heterocycles. The van der Waals surface area contributed by atoms with Crippen LogP contribution < -0.4 is 51.2 Å². The SMILES string of the molecule is CN(Cc1cnc2nc(N)nc(N)c2n1)c1ccc(C(=O)N[C@H](CCC(=O)O)C(=O)O)cc1.[H-].[Na+]. The first-order chi connectivity index (χ1) is 15.6. The van der Waals surface area contributed by atoms with Crippen LogP contribution in [0.4, 0.5) is 17.5 Å². The van der Waals surface area contributed by atoms with Crippen molar-refractivity contribution in [1.82, 2.24) is 25.3 Å². The van der Waals surface area contributed by atoms with Crippen molar-refractivity contribution in [3.8, 4) is 0 Å². The fraction of sp³-hybridized carbons (Fsp3) is 0.250. The standard InChI is InChI=1S/C20H22N8O5.Na.H/c1-28(9-11-8-23-17-15(24-11)16(21)26-20(22)27-17)12-4-2-10(3-5-12)18(31)25-13(19(32)33)6-7-14(29)30;;/h2-5,8,13H,6-7,9H2,1H3,(H,25,31)(H,29,30)(H,32,33)(H4,21,22,23,26,27);;/q;+1;-1/t13-;;/m1../s1. The van der Waals surface area contributed by atoms with Gasteiger partial charge in [-0.3, -0.25) is 9.59 Å². The summed E-state index contributed by atoms with van der Waals surface area (Å²) in [5.41, 5.74) is 13.7. The molecule has 0 saturated carbocycles. The molecule has 0 spiro atoms. The number of carboxylic acids is 2. The van der Waals surface area contributed by atoms with Crippen LogP contribution in [0.5, 0.6) is 0 Å². The molecule has 2 aromatic heterocycles. The van der Waals surface area contributed by atoms with Crippen molar-refractivity contribution < 1.29 is 55.6 Å². The minimum absolute atomic E-state index is 0. The number of aromatic nitrogens is 4. The molecular weight excluding hydrogens is 455 g/mol. The van der Waals surface area contributed by atoms with E-state index < -0.39 is 23.9 Å². The molecule has 174 valence electrons. The number of hydrogen-bond acceptors (Lipinski definition) is 10. The predicted molar refractivity (Wildman–Crippen MR) is 119 cm³/mol. The number of nitrogens with two attached hydrogens (primary N) is 2. The van der Waals surface area contributed by atoms with E-state index in [1.165, 1.54) is 12.1 Å². The molecule has 0 fully saturated rings. The topological polar surface area (TPSA) is 211 Å². The molecule has 34 heavy (non-hydrogen) atoms. The Labute approximate surface area is 217 Å². The van der Waals surface area contributed by atoms with Gasteiger partial charge in [-0.05, 0) is 30.7 Å². The smallest absolute Gasteiger partial charge is 1.00 e. The van der Waals surface area contributed by atoms with Gasteiger partial charge in [-0.25, -0.2) is 14.8 Å². The van der Waals surface area contributed by atoms with Crippen molar-refractivity contribution in [3.63, 3.8) is 0 Å². The minimum atomic E-state index is -1.30. The van der Waals surface area contributed by atoms with E-state index in [4.69, 9.17) is 16.6 Å². The summed E-state index contributed by atoms with van der Waals surface area (Å²) >= 11 is 0. The third-order valence-electron chi connectivity index (χ3n) is 4.72. The van der Waals surface area contributed by atoms with Crippen LogP contribution >= 0.6 is 0 Å². The molecule has 1 atom stereocenters. The number of nitrogens with zero attached hydrogens (tertiary/aromatic N) is 5. The van der Waals surface area contributed by atoms with Gasteiger partial charge in [0.05, 0.1) is 18.4 Å². The number of rotatable bonds is 9. The summed E-state index contributed by atoms with van der Waals surface area (Å²) in [6.07, 6.45) is 0.964. The predicted octanol–water partition coefficient (Wildman–Crippen LogP) is -2.62. The zero-order valence-electron chi connectivity index (χ0n) is 19.6. The van der Waals surface area contributed by atoms with Crippen molar-refractivity contribution in [2.75, 3.05) is 23.4 Å². The van der Waals surface area contributed by atoms with Crippen LogP contribution in [0.25, 0.3) is 11.2 Å². The number of fused-ring (bicyclic) bond motifs is 1. The van der Waals surface area contributed by atoms with Gasteiger partial charge in [-0.15, -0.1) is 0 Å². The second-order valence-electron chi connectivity index (χ2n) is 7.20. The van der Waals surface area contributed by atoms with Crippen LogP contribution in [0, 0.1) is 0 Å². The van der Waals surface area contributed by atoms with E-state index >= 15 is 0 Å². The fourth-order valence-corrected chi connectivity index (χ4v) is 3.03. The molecule has 0 aliphatic rings. The van der Waals surface area contributed by atoms with Gasteiger partial charge in [0.2, 0.25) is 5.95 Å². The van der Waals surface area contributed by atoms with Gasteiger partial charge in [0, 0.05) is 24.7 Å². The Morgan fingerprint density at radius 1 is 1.12 bits per heavy atom. The largest absolute Gasteiger partial charge is 1.00 e. The van der Waals surface area contributed by atoms with Crippen LogP contribution in [-0.4, -0.2) is 61.1 Å². The number of anilines is 3. The Balaban J connectivity index is 0.00000306. The number of nitrogens with one attached hydrogen (secondary N) is 1. The van der Waals surface area contributed by atoms with Crippen molar-refractivity contribution in [2.45, 2.75) is 25.4 Å². The van der Waals surface area contributed by atoms with E-state index in [-0.39, 0.29) is 61.2 Å². The van der Waals surface area contributed by atoms with E-state index in [0.717, 1.165) is 5.69 Å². The van der Waals surface area contributed by atoms with Gasteiger partial charge in [0.15, 0.2) is 17.0 Å². The number of carbonyl (C=O) groups excluding carboxylic acids is 1. The van der Waals surface area contributed by atoms with Crippen molar-refractivity contribution in [1.29, 1.82) is 0 Å². The summed E-state index contributed by atoms with van der Waals surface area (Å²) < 4.78 is 0. The third kappa shape index (κ3) is 6.73. The first-order valence-corrected chi connectivity index (χ1v) is 9.75. The van der Waals surface area contributed by atoms with Crippen LogP contribution in [0.2, 0.25) is 0 Å². The van der Waals surface area contributed by atoms with E-state index in [1.807, 2.05) is 11.9 Å². The van der Waals surface area contributed by atoms with Gasteiger partial charge in [-0.1, -0.05) is 0 Å². The minimum Gasteiger partial charge on any atom is -1.00 e. The van der Waals surface area contributed by atoms with Crippen molar-refractivity contribution in [3.05, 3.63) is 41.7 Å². The molecule has 14 heteroatoms. The molecule has 3 rings (SSSR count). The number of carbonyl (C=O) groups is 3.